The van der Waals surface area contributed by atoms with E-state index < -0.39 is 0 Å². The Hall–Kier alpha value is -2.29. The lowest BCUT2D eigenvalue weighted by atomic mass is 10.0. The van der Waals surface area contributed by atoms with Crippen molar-refractivity contribution in [3.8, 4) is 0 Å². The van der Waals surface area contributed by atoms with E-state index in [4.69, 9.17) is 10.7 Å². The van der Waals surface area contributed by atoms with Gasteiger partial charge in [-0.2, -0.15) is 0 Å². The Bertz CT molecular complexity index is 839. The molecule has 1 heterocycles. The molecule has 4 rings (SSSR count). The van der Waals surface area contributed by atoms with Crippen LogP contribution in [0.15, 0.2) is 42.5 Å². The number of nitrogen functional groups attached to an aromatic ring is 1. The van der Waals surface area contributed by atoms with Crippen molar-refractivity contribution in [1.82, 2.24) is 9.55 Å². The number of anilines is 1. The lowest BCUT2D eigenvalue weighted by molar-refractivity contribution is 0.746. The molecule has 3 heteroatoms. The zero-order chi connectivity index (χ0) is 16.0. The first-order chi connectivity index (χ1) is 11.1. The lowest BCUT2D eigenvalue weighted by Crippen LogP contribution is -2.04. The number of para-hydroxylation sites is 1. The molecule has 0 atom stereocenters. The first-order valence-electron chi connectivity index (χ1n) is 8.47. The average molecular weight is 305 g/mol. The minimum absolute atomic E-state index is 0.569. The van der Waals surface area contributed by atoms with Gasteiger partial charge >= 0.3 is 0 Å². The third-order valence-electron chi connectivity index (χ3n) is 4.77. The van der Waals surface area contributed by atoms with Crippen LogP contribution in [0, 0.1) is 0 Å². The molecule has 3 aromatic rings. The van der Waals surface area contributed by atoms with Crippen molar-refractivity contribution in [2.75, 3.05) is 5.73 Å². The van der Waals surface area contributed by atoms with Crippen LogP contribution < -0.4 is 5.73 Å². The number of aromatic nitrogens is 2. The van der Waals surface area contributed by atoms with Gasteiger partial charge in [0, 0.05) is 12.5 Å². The van der Waals surface area contributed by atoms with E-state index >= 15 is 0 Å². The molecule has 0 spiro atoms. The molecule has 23 heavy (non-hydrogen) atoms. The van der Waals surface area contributed by atoms with Gasteiger partial charge in [-0.25, -0.2) is 4.98 Å². The fraction of sp³-hybridized carbons (Fsp3) is 0.350. The Morgan fingerprint density at radius 1 is 1.13 bits per heavy atom. The van der Waals surface area contributed by atoms with Crippen LogP contribution >= 0.6 is 0 Å². The van der Waals surface area contributed by atoms with E-state index in [1.165, 1.54) is 29.8 Å². The second-order valence-corrected chi connectivity index (χ2v) is 6.94. The van der Waals surface area contributed by atoms with Gasteiger partial charge in [0.05, 0.1) is 11.2 Å². The summed E-state index contributed by atoms with van der Waals surface area (Å²) in [6.45, 7) is 5.32. The lowest BCUT2D eigenvalue weighted by Gasteiger charge is -2.11. The molecule has 0 aliphatic heterocycles. The van der Waals surface area contributed by atoms with Gasteiger partial charge in [-0.15, -0.1) is 0 Å². The minimum atomic E-state index is 0.569. The molecular formula is C20H23N3. The van der Waals surface area contributed by atoms with Crippen LogP contribution in [-0.2, 0) is 6.54 Å². The van der Waals surface area contributed by atoms with Crippen molar-refractivity contribution in [2.45, 2.75) is 45.1 Å². The van der Waals surface area contributed by atoms with Crippen molar-refractivity contribution < 1.29 is 0 Å². The minimum Gasteiger partial charge on any atom is -0.397 e. The molecule has 2 N–H and O–H groups in total. The van der Waals surface area contributed by atoms with Crippen LogP contribution in [0.5, 0.6) is 0 Å². The summed E-state index contributed by atoms with van der Waals surface area (Å²) in [6.07, 6.45) is 2.49. The topological polar surface area (TPSA) is 43.8 Å². The van der Waals surface area contributed by atoms with Crippen LogP contribution in [0.1, 0.15) is 55.5 Å². The third-order valence-corrected chi connectivity index (χ3v) is 4.77. The summed E-state index contributed by atoms with van der Waals surface area (Å²) in [5.74, 6) is 2.38. The normalized spacial score (nSPS) is 14.7. The van der Waals surface area contributed by atoms with Gasteiger partial charge < -0.3 is 10.3 Å². The molecule has 2 aromatic carbocycles. The van der Waals surface area contributed by atoms with Gasteiger partial charge in [0.1, 0.15) is 11.3 Å². The highest BCUT2D eigenvalue weighted by atomic mass is 15.1. The Morgan fingerprint density at radius 3 is 2.52 bits per heavy atom. The monoisotopic (exact) mass is 305 g/mol. The fourth-order valence-electron chi connectivity index (χ4n) is 3.20. The average Bonchev–Trinajstić information content (AvgIpc) is 3.32. The molecule has 0 amide bonds. The maximum atomic E-state index is 6.13. The Kier molecular flexibility index (Phi) is 3.37. The number of benzene rings is 2. The fourth-order valence-corrected chi connectivity index (χ4v) is 3.20. The molecule has 3 nitrogen and oxygen atoms in total. The zero-order valence-corrected chi connectivity index (χ0v) is 13.8. The second kappa shape index (κ2) is 5.41. The van der Waals surface area contributed by atoms with Gasteiger partial charge in [-0.3, -0.25) is 0 Å². The molecule has 1 saturated carbocycles. The number of imidazole rings is 1. The van der Waals surface area contributed by atoms with Gasteiger partial charge in [0.25, 0.3) is 0 Å². The smallest absolute Gasteiger partial charge is 0.113 e. The molecule has 0 radical (unpaired) electrons. The summed E-state index contributed by atoms with van der Waals surface area (Å²) in [7, 11) is 0. The standard InChI is InChI=1S/C20H23N3/c1-13(2)15-8-6-14(7-9-15)12-23-18-5-3-4-17(21)19(18)22-20(23)16-10-11-16/h3-9,13,16H,10-12,21H2,1-2H3. The third kappa shape index (κ3) is 2.61. The van der Waals surface area contributed by atoms with E-state index in [1.807, 2.05) is 12.1 Å². The van der Waals surface area contributed by atoms with Crippen molar-refractivity contribution in [3.63, 3.8) is 0 Å². The zero-order valence-electron chi connectivity index (χ0n) is 13.8. The summed E-state index contributed by atoms with van der Waals surface area (Å²) in [6, 6.07) is 15.1. The summed E-state index contributed by atoms with van der Waals surface area (Å²) in [4.78, 5) is 4.85. The Balaban J connectivity index is 1.75. The van der Waals surface area contributed by atoms with E-state index in [1.54, 1.807) is 0 Å². The van der Waals surface area contributed by atoms with Gasteiger partial charge in [-0.05, 0) is 42.0 Å². The van der Waals surface area contributed by atoms with Gasteiger partial charge in [-0.1, -0.05) is 44.2 Å². The van der Waals surface area contributed by atoms with Crippen LogP contribution in [0.3, 0.4) is 0 Å². The molecule has 0 saturated heterocycles. The van der Waals surface area contributed by atoms with E-state index in [9.17, 15) is 0 Å². The number of nitrogens with zero attached hydrogens (tertiary/aromatic N) is 2. The molecule has 1 aliphatic carbocycles. The number of fused-ring (bicyclic) bond motifs is 1. The largest absolute Gasteiger partial charge is 0.397 e. The highest BCUT2D eigenvalue weighted by Crippen LogP contribution is 2.41. The van der Waals surface area contributed by atoms with Crippen LogP contribution in [0.4, 0.5) is 5.69 Å². The predicted octanol–water partition coefficient (Wildman–Crippen LogP) is 4.67. The molecule has 1 aromatic heterocycles. The van der Waals surface area contributed by atoms with Crippen molar-refractivity contribution >= 4 is 16.7 Å². The Morgan fingerprint density at radius 2 is 1.87 bits per heavy atom. The molecule has 118 valence electrons. The van der Waals surface area contributed by atoms with Crippen molar-refractivity contribution in [3.05, 3.63) is 59.4 Å². The molecule has 0 bridgehead atoms. The summed E-state index contributed by atoms with van der Waals surface area (Å²) >= 11 is 0. The van der Waals surface area contributed by atoms with Gasteiger partial charge in [0.2, 0.25) is 0 Å². The highest BCUT2D eigenvalue weighted by molar-refractivity contribution is 5.87. The van der Waals surface area contributed by atoms with Crippen molar-refractivity contribution in [1.29, 1.82) is 0 Å². The SMILES string of the molecule is CC(C)c1ccc(Cn2c(C3CC3)nc3c(N)cccc32)cc1. The van der Waals surface area contributed by atoms with Crippen LogP contribution in [0.25, 0.3) is 11.0 Å². The molecular weight excluding hydrogens is 282 g/mol. The molecule has 0 unspecified atom stereocenters. The predicted molar refractivity (Wildman–Crippen MR) is 95.8 cm³/mol. The summed E-state index contributed by atoms with van der Waals surface area (Å²) < 4.78 is 2.35. The Labute approximate surface area is 137 Å². The quantitative estimate of drug-likeness (QED) is 0.712. The molecule has 1 aliphatic rings. The van der Waals surface area contributed by atoms with Crippen LogP contribution in [0.2, 0.25) is 0 Å². The van der Waals surface area contributed by atoms with E-state index in [2.05, 4.69) is 48.7 Å². The second-order valence-electron chi connectivity index (χ2n) is 6.94. The van der Waals surface area contributed by atoms with E-state index in [-0.39, 0.29) is 0 Å². The highest BCUT2D eigenvalue weighted by Gasteiger charge is 2.29. The van der Waals surface area contributed by atoms with Crippen molar-refractivity contribution in [2.24, 2.45) is 0 Å². The van der Waals surface area contributed by atoms with E-state index in [0.29, 0.717) is 11.8 Å². The first-order valence-corrected chi connectivity index (χ1v) is 8.47. The summed E-state index contributed by atoms with van der Waals surface area (Å²) in [5, 5.41) is 0. The maximum Gasteiger partial charge on any atom is 0.113 e. The van der Waals surface area contributed by atoms with Crippen LogP contribution in [-0.4, -0.2) is 9.55 Å². The summed E-state index contributed by atoms with van der Waals surface area (Å²) in [5.41, 5.74) is 11.7. The number of hydrogen-bond acceptors (Lipinski definition) is 2. The number of hydrogen-bond donors (Lipinski definition) is 1. The number of rotatable bonds is 4. The maximum absolute atomic E-state index is 6.13. The van der Waals surface area contributed by atoms with E-state index in [0.717, 1.165) is 23.3 Å². The van der Waals surface area contributed by atoms with Gasteiger partial charge in [0.15, 0.2) is 0 Å². The molecule has 1 fully saturated rings. The number of nitrogens with two attached hydrogens (primary N) is 1. The first kappa shape index (κ1) is 14.3.